The van der Waals surface area contributed by atoms with Crippen molar-refractivity contribution in [3.63, 3.8) is 0 Å². The molecule has 2 aliphatic heterocycles. The summed E-state index contributed by atoms with van der Waals surface area (Å²) in [6.45, 7) is 32.4. The van der Waals surface area contributed by atoms with Gasteiger partial charge in [-0.05, 0) is 191 Å². The molecule has 4 aromatic heterocycles. The summed E-state index contributed by atoms with van der Waals surface area (Å²) in [5, 5.41) is 42.9. The van der Waals surface area contributed by atoms with Crippen LogP contribution in [-0.2, 0) is 38.7 Å². The third-order valence-electron chi connectivity index (χ3n) is 18.4. The molecule has 0 aliphatic carbocycles. The Labute approximate surface area is 593 Å². The van der Waals surface area contributed by atoms with Gasteiger partial charge in [-0.25, -0.2) is 41.9 Å². The maximum absolute atomic E-state index is 11.2. The Morgan fingerprint density at radius 3 is 1.47 bits per heavy atom. The van der Waals surface area contributed by atoms with E-state index in [1.165, 1.54) is 69.5 Å². The zero-order valence-electron chi connectivity index (χ0n) is 60.1. The Balaban J connectivity index is 0.000000190. The third kappa shape index (κ3) is 24.5. The molecule has 2 saturated heterocycles. The minimum atomic E-state index is -0.567. The summed E-state index contributed by atoms with van der Waals surface area (Å²) < 4.78 is 8.98. The summed E-state index contributed by atoms with van der Waals surface area (Å²) in [7, 11) is 0. The molecule has 25 heteroatoms. The number of likely N-dealkylation sites (N-methyl/N-ethyl adjacent to an activating group) is 2. The summed E-state index contributed by atoms with van der Waals surface area (Å²) in [5.74, 6) is -1.17. The van der Waals surface area contributed by atoms with E-state index in [1.807, 2.05) is 79.6 Å². The van der Waals surface area contributed by atoms with Gasteiger partial charge in [-0.3, -0.25) is 40.0 Å². The first-order valence-corrected chi connectivity index (χ1v) is 35.5. The number of nitrogens with one attached hydrogen (secondary N) is 4. The molecule has 4 aromatic carbocycles. The van der Waals surface area contributed by atoms with Gasteiger partial charge in [0.15, 0.2) is 0 Å². The van der Waals surface area contributed by atoms with Gasteiger partial charge >= 0.3 is 0 Å². The van der Waals surface area contributed by atoms with E-state index in [2.05, 4.69) is 126 Å². The van der Waals surface area contributed by atoms with Crippen LogP contribution in [0.1, 0.15) is 153 Å². The lowest BCUT2D eigenvalue weighted by molar-refractivity contribution is -0.124. The number of benzene rings is 4. The maximum Gasteiger partial charge on any atom is 0.267 e. The molecule has 6 heterocycles. The highest BCUT2D eigenvalue weighted by molar-refractivity contribution is 5.94. The Bertz CT molecular complexity index is 4100. The van der Waals surface area contributed by atoms with Crippen LogP contribution in [0.15, 0.2) is 116 Å². The molecular weight excluding hydrogens is 1280 g/mol. The number of aryl methyl sites for hydroxylation is 1. The fraction of sp³-hybridized carbons (Fsp3) is 0.461. The van der Waals surface area contributed by atoms with E-state index in [0.29, 0.717) is 23.9 Å². The van der Waals surface area contributed by atoms with Crippen molar-refractivity contribution in [2.75, 3.05) is 78.5 Å². The van der Waals surface area contributed by atoms with Crippen molar-refractivity contribution < 1.29 is 40.0 Å². The first-order chi connectivity index (χ1) is 48.9. The molecule has 2 fully saturated rings. The molecule has 0 radical (unpaired) electrons. The normalized spacial score (nSPS) is 15.2. The molecule has 0 saturated carbocycles. The maximum atomic E-state index is 11.2. The van der Waals surface area contributed by atoms with Crippen LogP contribution in [0.5, 0.6) is 0 Å². The van der Waals surface area contributed by atoms with Gasteiger partial charge in [-0.1, -0.05) is 86.1 Å². The monoisotopic (exact) mass is 1380 g/mol. The molecule has 2 unspecified atom stereocenters. The molecule has 4 amide bonds. The highest BCUT2D eigenvalue weighted by Crippen LogP contribution is 2.30. The SMILES string of the molecule is CC(C)(C)CCN1CCC(n2cnc3cc(/C=C/C(=O)NO)ccc32)C1.CCCCN1CCCC(n2cnc3cc(/C=C/C(=O)NO)ccc32)C1.CCN(CC)CCn1c(CCCCC#N)nc2cc(/C=C/C(=O)NO)ccc21.CCN(CC)CCn1cnc2cc(/C=C/C(=O)NO)ccc21. The van der Waals surface area contributed by atoms with Crippen LogP contribution in [0.3, 0.4) is 0 Å². The van der Waals surface area contributed by atoms with Crippen molar-refractivity contribution in [3.8, 4) is 6.07 Å². The second kappa shape index (κ2) is 40.9. The fourth-order valence-corrected chi connectivity index (χ4v) is 12.5. The number of nitriles is 1. The first-order valence-electron chi connectivity index (χ1n) is 35.5. The van der Waals surface area contributed by atoms with E-state index in [0.717, 1.165) is 176 Å². The van der Waals surface area contributed by atoms with Crippen molar-refractivity contribution in [1.29, 1.82) is 5.26 Å². The zero-order valence-corrected chi connectivity index (χ0v) is 60.1. The molecule has 2 aliphatic rings. The lowest BCUT2D eigenvalue weighted by Gasteiger charge is -2.33. The number of amides is 4. The van der Waals surface area contributed by atoms with Gasteiger partial charge in [0.05, 0.1) is 69.2 Å². The van der Waals surface area contributed by atoms with Crippen LogP contribution in [0.25, 0.3) is 68.4 Å². The molecule has 8 N–H and O–H groups in total. The van der Waals surface area contributed by atoms with Crippen molar-refractivity contribution in [2.24, 2.45) is 5.41 Å². The first kappa shape index (κ1) is 79.1. The molecule has 2 atom stereocenters. The number of imidazole rings is 4. The van der Waals surface area contributed by atoms with Gasteiger partial charge in [-0.15, -0.1) is 0 Å². The van der Waals surface area contributed by atoms with Crippen LogP contribution >= 0.6 is 0 Å². The van der Waals surface area contributed by atoms with Crippen molar-refractivity contribution >= 4 is 92.1 Å². The van der Waals surface area contributed by atoms with Gasteiger partial charge < -0.3 is 37.9 Å². The molecule has 25 nitrogen and oxygen atoms in total. The Morgan fingerprint density at radius 1 is 0.545 bits per heavy atom. The number of carbonyl (C=O) groups excluding carboxylic acids is 4. The van der Waals surface area contributed by atoms with Crippen LogP contribution in [0, 0.1) is 16.7 Å². The average Bonchev–Trinajstić information content (AvgIpc) is 1.68. The Hall–Kier alpha value is -9.23. The molecule has 0 spiro atoms. The van der Waals surface area contributed by atoms with E-state index >= 15 is 0 Å². The number of likely N-dealkylation sites (tertiary alicyclic amines) is 2. The van der Waals surface area contributed by atoms with Crippen molar-refractivity contribution in [2.45, 2.75) is 145 Å². The second-order valence-corrected chi connectivity index (χ2v) is 26.6. The summed E-state index contributed by atoms with van der Waals surface area (Å²) >= 11 is 0. The van der Waals surface area contributed by atoms with Gasteiger partial charge in [0.1, 0.15) is 5.82 Å². The lowest BCUT2D eigenvalue weighted by Crippen LogP contribution is -2.36. The third-order valence-corrected chi connectivity index (χ3v) is 18.4. The minimum Gasteiger partial charge on any atom is -0.329 e. The second-order valence-electron chi connectivity index (χ2n) is 26.6. The number of carbonyl (C=O) groups is 4. The van der Waals surface area contributed by atoms with Gasteiger partial charge in [0.2, 0.25) is 0 Å². The molecule has 8 aromatic rings. The average molecular weight is 1380 g/mol. The van der Waals surface area contributed by atoms with E-state index < -0.39 is 23.6 Å². The van der Waals surface area contributed by atoms with E-state index in [-0.39, 0.29) is 0 Å². The number of unbranched alkanes of at least 4 members (excludes halogenated alkanes) is 3. The number of aromatic nitrogens is 8. The molecule has 542 valence electrons. The van der Waals surface area contributed by atoms with Crippen molar-refractivity contribution in [3.05, 3.63) is 144 Å². The predicted molar refractivity (Wildman–Crippen MR) is 397 cm³/mol. The fourth-order valence-electron chi connectivity index (χ4n) is 12.5. The summed E-state index contributed by atoms with van der Waals surface area (Å²) in [5.41, 5.74) is 18.2. The highest BCUT2D eigenvalue weighted by Gasteiger charge is 2.27. The summed E-state index contributed by atoms with van der Waals surface area (Å²) in [6, 6.07) is 26.9. The smallest absolute Gasteiger partial charge is 0.267 e. The number of nitrogens with zero attached hydrogens (tertiary/aromatic N) is 13. The Kier molecular flexibility index (Phi) is 32.0. The van der Waals surface area contributed by atoms with Crippen LogP contribution in [0.4, 0.5) is 0 Å². The predicted octanol–water partition coefficient (Wildman–Crippen LogP) is 11.3. The van der Waals surface area contributed by atoms with Crippen LogP contribution in [0.2, 0.25) is 0 Å². The highest BCUT2D eigenvalue weighted by atomic mass is 16.5. The topological polar surface area (TPSA) is 305 Å². The number of hydroxylamine groups is 4. The molecule has 101 heavy (non-hydrogen) atoms. The number of piperidine rings is 1. The summed E-state index contributed by atoms with van der Waals surface area (Å²) in [4.78, 5) is 72.6. The van der Waals surface area contributed by atoms with E-state index in [4.69, 9.17) is 31.1 Å². The zero-order chi connectivity index (χ0) is 72.7. The van der Waals surface area contributed by atoms with Crippen molar-refractivity contribution in [1.82, 2.24) is 79.7 Å². The van der Waals surface area contributed by atoms with E-state index in [9.17, 15) is 19.2 Å². The summed E-state index contributed by atoms with van der Waals surface area (Å²) in [6.07, 6.45) is 28.0. The van der Waals surface area contributed by atoms with Crippen LogP contribution in [-0.4, -0.2) is 181 Å². The van der Waals surface area contributed by atoms with Gasteiger partial charge in [0.25, 0.3) is 23.6 Å². The van der Waals surface area contributed by atoms with E-state index in [1.54, 1.807) is 46.2 Å². The molecule has 0 bridgehead atoms. The van der Waals surface area contributed by atoms with Crippen LogP contribution < -0.4 is 21.9 Å². The number of rotatable bonds is 29. The molecule has 10 rings (SSSR count). The number of fused-ring (bicyclic) bond motifs is 4. The molecular formula is C76H105N17O8. The van der Waals surface area contributed by atoms with Gasteiger partial charge in [-0.2, -0.15) is 5.26 Å². The Morgan fingerprint density at radius 2 is 0.990 bits per heavy atom. The number of hydrogen-bond acceptors (Lipinski definition) is 17. The largest absolute Gasteiger partial charge is 0.329 e. The lowest BCUT2D eigenvalue weighted by atomic mass is 9.92. The van der Waals surface area contributed by atoms with Gasteiger partial charge in [0, 0.05) is 95.0 Å². The number of hydrogen-bond donors (Lipinski definition) is 8. The minimum absolute atomic E-state index is 0.372. The standard InChI is InChI=1S/C21H29N5O2.C20H28N4O2.C19H26N4O2.C16H22N4O2/c1-3-25(4-2)14-15-26-19-11-9-17(10-12-21(27)24-28)16-18(19)23-20(26)8-6-5-7-13-22;1-20(2,3)9-11-23-10-8-16(13-23)24-14-21-17-12-15(4-6-18(17)24)5-7-19(25)22-26;1-2-3-10-22-11-4-5-16(13-22)23-14-20-17-12-15(6-8-18(17)23)7-9-19(24)21-25;1-3-19(4-2)9-10-20-12-17-14-11-13(5-7-15(14)20)6-8-16(21)18-22/h9-12,16,28H,3-8,14-15H2,1-2H3,(H,24,27);4-7,12,14,16,26H,8-11,13H2,1-3H3,(H,22,25);6-9,12,14,16,25H,2-5,10-11,13H2,1H3,(H,21,24);5-8,11-12,22H,3-4,9-10H2,1-2H3,(H,18,21)/b12-10+;7-5+;9-7+;8-6+. The quantitative estimate of drug-likeness (QED) is 0.00935.